The smallest absolute Gasteiger partial charge is 0.273 e. The Labute approximate surface area is 113 Å². The number of carbonyl (C=O) groups excluding carboxylic acids is 1. The summed E-state index contributed by atoms with van der Waals surface area (Å²) in [6.07, 6.45) is 1.34. The van der Waals surface area contributed by atoms with Crippen LogP contribution >= 0.6 is 0 Å². The van der Waals surface area contributed by atoms with Crippen molar-refractivity contribution in [3.8, 4) is 0 Å². The molecule has 0 saturated carbocycles. The molecule has 0 saturated heterocycles. The summed E-state index contributed by atoms with van der Waals surface area (Å²) < 4.78 is 0. The van der Waals surface area contributed by atoms with Gasteiger partial charge in [0.1, 0.15) is 5.82 Å². The Morgan fingerprint density at radius 3 is 2.37 bits per heavy atom. The number of nitrogens with one attached hydrogen (secondary N) is 1. The molecule has 1 aromatic heterocycles. The number of rotatable bonds is 6. The molecule has 0 radical (unpaired) electrons. The predicted octanol–water partition coefficient (Wildman–Crippen LogP) is 1.14. The van der Waals surface area contributed by atoms with Crippen molar-refractivity contribution in [2.75, 3.05) is 26.0 Å². The second kappa shape index (κ2) is 6.47. The van der Waals surface area contributed by atoms with Gasteiger partial charge < -0.3 is 15.3 Å². The van der Waals surface area contributed by atoms with Crippen molar-refractivity contribution in [2.45, 2.75) is 32.3 Å². The van der Waals surface area contributed by atoms with Crippen molar-refractivity contribution in [1.82, 2.24) is 15.1 Å². The van der Waals surface area contributed by atoms with Crippen LogP contribution in [-0.2, 0) is 0 Å². The Kier molecular flexibility index (Phi) is 5.23. The summed E-state index contributed by atoms with van der Waals surface area (Å²) >= 11 is 0. The maximum Gasteiger partial charge on any atom is 0.273 e. The van der Waals surface area contributed by atoms with Crippen molar-refractivity contribution in [1.29, 1.82) is 0 Å². The Bertz CT molecular complexity index is 413. The van der Waals surface area contributed by atoms with Gasteiger partial charge in [0, 0.05) is 20.6 Å². The molecule has 0 fully saturated rings. The van der Waals surface area contributed by atoms with Gasteiger partial charge in [-0.3, -0.25) is 4.79 Å². The largest absolute Gasteiger partial charge is 0.388 e. The lowest BCUT2D eigenvalue weighted by molar-refractivity contribution is 0.0456. The molecule has 0 aromatic carbocycles. The number of aromatic nitrogens is 2. The normalized spacial score (nSPS) is 11.2. The van der Waals surface area contributed by atoms with Crippen LogP contribution in [0.3, 0.4) is 0 Å². The van der Waals surface area contributed by atoms with Crippen molar-refractivity contribution in [2.24, 2.45) is 0 Å². The Balaban J connectivity index is 2.65. The van der Waals surface area contributed by atoms with Crippen molar-refractivity contribution < 1.29 is 9.90 Å². The summed E-state index contributed by atoms with van der Waals surface area (Å²) in [6, 6.07) is 3.31. The highest BCUT2D eigenvalue weighted by atomic mass is 16.3. The second-order valence-corrected chi connectivity index (χ2v) is 4.79. The fourth-order valence-corrected chi connectivity index (χ4v) is 1.52. The van der Waals surface area contributed by atoms with Crippen LogP contribution in [0.2, 0.25) is 0 Å². The number of hydrogen-bond acceptors (Lipinski definition) is 5. The van der Waals surface area contributed by atoms with E-state index in [0.717, 1.165) is 0 Å². The van der Waals surface area contributed by atoms with E-state index >= 15 is 0 Å². The number of carbonyl (C=O) groups is 1. The minimum atomic E-state index is -0.736. The number of amides is 1. The van der Waals surface area contributed by atoms with E-state index in [0.29, 0.717) is 30.9 Å². The molecule has 6 nitrogen and oxygen atoms in total. The van der Waals surface area contributed by atoms with E-state index in [4.69, 9.17) is 0 Å². The molecule has 0 unspecified atom stereocenters. The van der Waals surface area contributed by atoms with Crippen molar-refractivity contribution >= 4 is 11.7 Å². The zero-order valence-electron chi connectivity index (χ0n) is 12.0. The molecule has 0 aliphatic carbocycles. The van der Waals surface area contributed by atoms with Crippen molar-refractivity contribution in [3.05, 3.63) is 17.8 Å². The third kappa shape index (κ3) is 4.17. The minimum Gasteiger partial charge on any atom is -0.388 e. The first kappa shape index (κ1) is 15.4. The topological polar surface area (TPSA) is 78.4 Å². The lowest BCUT2D eigenvalue weighted by atomic mass is 9.98. The van der Waals surface area contributed by atoms with Crippen LogP contribution in [0.4, 0.5) is 5.82 Å². The van der Waals surface area contributed by atoms with Crippen LogP contribution in [0.1, 0.15) is 37.2 Å². The van der Waals surface area contributed by atoms with E-state index in [2.05, 4.69) is 15.5 Å². The van der Waals surface area contributed by atoms with Crippen LogP contribution in [0.25, 0.3) is 0 Å². The maximum atomic E-state index is 11.6. The van der Waals surface area contributed by atoms with Gasteiger partial charge in [0.15, 0.2) is 5.69 Å². The minimum absolute atomic E-state index is 0.183. The van der Waals surface area contributed by atoms with E-state index < -0.39 is 5.60 Å². The SMILES string of the molecule is CCC(O)(CC)CNc1ccc(C(=O)N(C)C)nn1. The van der Waals surface area contributed by atoms with Gasteiger partial charge in [-0.15, -0.1) is 10.2 Å². The second-order valence-electron chi connectivity index (χ2n) is 4.79. The summed E-state index contributed by atoms with van der Waals surface area (Å²) in [5.41, 5.74) is -0.434. The highest BCUT2D eigenvalue weighted by Gasteiger charge is 2.21. The third-order valence-corrected chi connectivity index (χ3v) is 3.20. The molecule has 1 rings (SSSR count). The Hall–Kier alpha value is -1.69. The molecule has 0 aliphatic rings. The summed E-state index contributed by atoms with van der Waals surface area (Å²) in [7, 11) is 3.33. The Morgan fingerprint density at radius 1 is 1.32 bits per heavy atom. The Morgan fingerprint density at radius 2 is 1.95 bits per heavy atom. The molecule has 6 heteroatoms. The molecule has 106 valence electrons. The van der Waals surface area contributed by atoms with Gasteiger partial charge in [-0.2, -0.15) is 0 Å². The first-order valence-corrected chi connectivity index (χ1v) is 6.43. The highest BCUT2D eigenvalue weighted by molar-refractivity contribution is 5.91. The predicted molar refractivity (Wildman–Crippen MR) is 74.1 cm³/mol. The van der Waals surface area contributed by atoms with Crippen LogP contribution in [0.15, 0.2) is 12.1 Å². The third-order valence-electron chi connectivity index (χ3n) is 3.20. The van der Waals surface area contributed by atoms with Gasteiger partial charge in [0.25, 0.3) is 5.91 Å². The number of anilines is 1. The molecule has 19 heavy (non-hydrogen) atoms. The monoisotopic (exact) mass is 266 g/mol. The molecule has 0 spiro atoms. The zero-order chi connectivity index (χ0) is 14.5. The van der Waals surface area contributed by atoms with E-state index in [9.17, 15) is 9.90 Å². The summed E-state index contributed by atoms with van der Waals surface area (Å²) in [5.74, 6) is 0.369. The number of aliphatic hydroxyl groups is 1. The number of hydrogen-bond donors (Lipinski definition) is 2. The average molecular weight is 266 g/mol. The molecule has 0 atom stereocenters. The molecular formula is C13H22N4O2. The van der Waals surface area contributed by atoms with Gasteiger partial charge in [0.05, 0.1) is 5.60 Å². The first-order valence-electron chi connectivity index (χ1n) is 6.43. The lowest BCUT2D eigenvalue weighted by Crippen LogP contribution is -2.35. The maximum absolute atomic E-state index is 11.6. The molecule has 1 amide bonds. The van der Waals surface area contributed by atoms with Crippen molar-refractivity contribution in [3.63, 3.8) is 0 Å². The fraction of sp³-hybridized carbons (Fsp3) is 0.615. The van der Waals surface area contributed by atoms with Gasteiger partial charge >= 0.3 is 0 Å². The van der Waals surface area contributed by atoms with Crippen LogP contribution in [-0.4, -0.2) is 52.4 Å². The molecule has 0 bridgehead atoms. The van der Waals surface area contributed by atoms with Crippen LogP contribution < -0.4 is 5.32 Å². The van der Waals surface area contributed by atoms with Gasteiger partial charge in [-0.05, 0) is 25.0 Å². The quantitative estimate of drug-likeness (QED) is 0.807. The average Bonchev–Trinajstić information content (AvgIpc) is 2.44. The zero-order valence-corrected chi connectivity index (χ0v) is 12.0. The van der Waals surface area contributed by atoms with Gasteiger partial charge in [-0.1, -0.05) is 13.8 Å². The van der Waals surface area contributed by atoms with Gasteiger partial charge in [0.2, 0.25) is 0 Å². The van der Waals surface area contributed by atoms with Crippen LogP contribution in [0, 0.1) is 0 Å². The molecule has 2 N–H and O–H groups in total. The summed E-state index contributed by atoms with van der Waals surface area (Å²) in [6.45, 7) is 4.29. The first-order chi connectivity index (χ1) is 8.91. The van der Waals surface area contributed by atoms with E-state index in [1.165, 1.54) is 4.90 Å². The summed E-state index contributed by atoms with van der Waals surface area (Å²) in [4.78, 5) is 13.1. The van der Waals surface area contributed by atoms with Crippen LogP contribution in [0.5, 0.6) is 0 Å². The number of nitrogens with zero attached hydrogens (tertiary/aromatic N) is 3. The van der Waals surface area contributed by atoms with E-state index in [1.807, 2.05) is 13.8 Å². The molecule has 0 aliphatic heterocycles. The molecule has 1 heterocycles. The van der Waals surface area contributed by atoms with E-state index in [-0.39, 0.29) is 5.91 Å². The highest BCUT2D eigenvalue weighted by Crippen LogP contribution is 2.15. The molecule has 1 aromatic rings. The lowest BCUT2D eigenvalue weighted by Gasteiger charge is -2.25. The molecular weight excluding hydrogens is 244 g/mol. The standard InChI is InChI=1S/C13H22N4O2/c1-5-13(19,6-2)9-14-11-8-7-10(15-16-11)12(18)17(3)4/h7-8,19H,5-6,9H2,1-4H3,(H,14,16). The fourth-order valence-electron chi connectivity index (χ4n) is 1.52. The van der Waals surface area contributed by atoms with E-state index in [1.54, 1.807) is 26.2 Å². The summed E-state index contributed by atoms with van der Waals surface area (Å²) in [5, 5.41) is 21.0. The van der Waals surface area contributed by atoms with Gasteiger partial charge in [-0.25, -0.2) is 0 Å².